The average Bonchev–Trinajstić information content (AvgIpc) is 3.04. The third-order valence-electron chi connectivity index (χ3n) is 4.72. The summed E-state index contributed by atoms with van der Waals surface area (Å²) in [5.74, 6) is -2.56. The molecule has 0 bridgehead atoms. The van der Waals surface area contributed by atoms with Crippen LogP contribution in [0.1, 0.15) is 65.2 Å². The van der Waals surface area contributed by atoms with Crippen molar-refractivity contribution in [2.45, 2.75) is 71.0 Å². The zero-order valence-corrected chi connectivity index (χ0v) is 16.4. The Hall–Kier alpha value is -1.61. The molecule has 0 amide bonds. The third kappa shape index (κ3) is 8.18. The van der Waals surface area contributed by atoms with Crippen LogP contribution >= 0.6 is 0 Å². The molecule has 0 saturated carbocycles. The molecule has 1 rings (SSSR count). The number of rotatable bonds is 11. The molecule has 2 atom stereocenters. The summed E-state index contributed by atoms with van der Waals surface area (Å²) in [6.45, 7) is 3.95. The molecule has 2 N–H and O–H groups in total. The van der Waals surface area contributed by atoms with E-state index in [1.807, 2.05) is 6.08 Å². The van der Waals surface area contributed by atoms with Crippen LogP contribution in [0.3, 0.4) is 0 Å². The van der Waals surface area contributed by atoms with Gasteiger partial charge in [-0.25, -0.2) is 4.79 Å². The Morgan fingerprint density at radius 2 is 2.12 bits per heavy atom. The fourth-order valence-corrected chi connectivity index (χ4v) is 3.18. The molecule has 0 aromatic rings. The van der Waals surface area contributed by atoms with Crippen LogP contribution in [0, 0.1) is 11.8 Å². The molecule has 0 heterocycles. The summed E-state index contributed by atoms with van der Waals surface area (Å²) in [6.07, 6.45) is 19.1. The number of carbonyl (C=O) groups is 1. The molecule has 0 fully saturated rings. The molecule has 0 spiro atoms. The fraction of sp³-hybridized carbons (Fsp3) is 0.636. The number of allylic oxidation sites excluding steroid dienone is 4. The molecule has 0 saturated heterocycles. The lowest BCUT2D eigenvalue weighted by Gasteiger charge is -2.17. The molecule has 1 aliphatic rings. The molecule has 4 nitrogen and oxygen atoms in total. The minimum atomic E-state index is -2.49. The summed E-state index contributed by atoms with van der Waals surface area (Å²) >= 11 is 0. The number of aliphatic hydroxyl groups is 2. The maximum atomic E-state index is 11.3. The van der Waals surface area contributed by atoms with E-state index < -0.39 is 11.8 Å². The first-order chi connectivity index (χ1) is 12.4. The molecular weight excluding hydrogens is 328 g/mol. The minimum absolute atomic E-state index is 0.208. The standard InChI is InChI=1S/C22H34O4/c1-4-5-6-7-8-9-13-19-15-11-16-20(19)14-10-12-18(2)17-22(24,25)21(23)26-3/h9-11,13,15,19-20,24-25H,4-8,14,16-17H2,1-3H3/t12?,19-,20-/m0/s1. The zero-order chi connectivity index (χ0) is 19.4. The Morgan fingerprint density at radius 3 is 2.81 bits per heavy atom. The largest absolute Gasteiger partial charge is 0.465 e. The predicted molar refractivity (Wildman–Crippen MR) is 104 cm³/mol. The van der Waals surface area contributed by atoms with E-state index in [0.29, 0.717) is 17.4 Å². The van der Waals surface area contributed by atoms with Gasteiger partial charge in [0.2, 0.25) is 0 Å². The normalized spacial score (nSPS) is 19.6. The number of ether oxygens (including phenoxy) is 1. The Morgan fingerprint density at radius 1 is 1.35 bits per heavy atom. The van der Waals surface area contributed by atoms with E-state index in [2.05, 4.69) is 41.7 Å². The van der Waals surface area contributed by atoms with Crippen LogP contribution in [0.5, 0.6) is 0 Å². The van der Waals surface area contributed by atoms with Gasteiger partial charge >= 0.3 is 5.97 Å². The average molecular weight is 363 g/mol. The number of unbranched alkanes of at least 4 members (excludes halogenated alkanes) is 4. The van der Waals surface area contributed by atoms with Crippen LogP contribution in [0.15, 0.2) is 41.7 Å². The lowest BCUT2D eigenvalue weighted by Crippen LogP contribution is -2.39. The van der Waals surface area contributed by atoms with Crippen molar-refractivity contribution in [3.8, 4) is 0 Å². The molecule has 0 aromatic carbocycles. The first-order valence-corrected chi connectivity index (χ1v) is 9.67. The maximum Gasteiger partial charge on any atom is 0.366 e. The van der Waals surface area contributed by atoms with E-state index in [0.717, 1.165) is 26.4 Å². The van der Waals surface area contributed by atoms with Crippen LogP contribution in [-0.2, 0) is 9.53 Å². The molecule has 0 unspecified atom stereocenters. The molecule has 146 valence electrons. The highest BCUT2D eigenvalue weighted by atomic mass is 16.6. The van der Waals surface area contributed by atoms with E-state index in [4.69, 9.17) is 0 Å². The third-order valence-corrected chi connectivity index (χ3v) is 4.72. The Bertz CT molecular complexity index is 550. The van der Waals surface area contributed by atoms with Crippen LogP contribution < -0.4 is 0 Å². The molecule has 0 radical (unpaired) electrons. The Kier molecular flexibility index (Phi) is 10.3. The van der Waals surface area contributed by atoms with Gasteiger partial charge in [0.05, 0.1) is 7.11 Å². The van der Waals surface area contributed by atoms with E-state index in [1.54, 1.807) is 6.92 Å². The van der Waals surface area contributed by atoms with Crippen molar-refractivity contribution < 1.29 is 19.7 Å². The molecule has 0 aliphatic heterocycles. The monoisotopic (exact) mass is 362 g/mol. The van der Waals surface area contributed by atoms with Gasteiger partial charge in [-0.2, -0.15) is 0 Å². The number of esters is 1. The quantitative estimate of drug-likeness (QED) is 0.187. The maximum absolute atomic E-state index is 11.3. The number of hydrogen-bond acceptors (Lipinski definition) is 4. The topological polar surface area (TPSA) is 66.8 Å². The fourth-order valence-electron chi connectivity index (χ4n) is 3.18. The number of methoxy groups -OCH3 is 1. The van der Waals surface area contributed by atoms with Crippen LogP contribution in [0.2, 0.25) is 0 Å². The van der Waals surface area contributed by atoms with E-state index in [9.17, 15) is 15.0 Å². The zero-order valence-electron chi connectivity index (χ0n) is 16.4. The van der Waals surface area contributed by atoms with Crippen molar-refractivity contribution in [1.29, 1.82) is 0 Å². The summed E-state index contributed by atoms with van der Waals surface area (Å²) in [7, 11) is 1.13. The van der Waals surface area contributed by atoms with Crippen molar-refractivity contribution in [1.82, 2.24) is 0 Å². The number of hydrogen-bond donors (Lipinski definition) is 2. The van der Waals surface area contributed by atoms with Gasteiger partial charge in [0.15, 0.2) is 0 Å². The van der Waals surface area contributed by atoms with E-state index >= 15 is 0 Å². The first-order valence-electron chi connectivity index (χ1n) is 9.67. The summed E-state index contributed by atoms with van der Waals surface area (Å²) in [4.78, 5) is 11.3. The summed E-state index contributed by atoms with van der Waals surface area (Å²) in [5.41, 5.74) is 3.67. The minimum Gasteiger partial charge on any atom is -0.465 e. The van der Waals surface area contributed by atoms with Gasteiger partial charge in [-0.15, -0.1) is 5.73 Å². The van der Waals surface area contributed by atoms with Gasteiger partial charge in [-0.05, 0) is 56.1 Å². The summed E-state index contributed by atoms with van der Waals surface area (Å²) in [6, 6.07) is 0. The summed E-state index contributed by atoms with van der Waals surface area (Å²) in [5, 5.41) is 19.3. The van der Waals surface area contributed by atoms with Gasteiger partial charge in [-0.1, -0.05) is 50.5 Å². The first kappa shape index (κ1) is 22.4. The highest BCUT2D eigenvalue weighted by Crippen LogP contribution is 2.30. The Labute approximate surface area is 158 Å². The second-order valence-electron chi connectivity index (χ2n) is 7.13. The van der Waals surface area contributed by atoms with Crippen molar-refractivity contribution >= 4 is 5.97 Å². The van der Waals surface area contributed by atoms with Gasteiger partial charge in [0.25, 0.3) is 5.79 Å². The van der Waals surface area contributed by atoms with Gasteiger partial charge in [-0.3, -0.25) is 0 Å². The van der Waals surface area contributed by atoms with Crippen molar-refractivity contribution in [2.24, 2.45) is 11.8 Å². The summed E-state index contributed by atoms with van der Waals surface area (Å²) < 4.78 is 4.38. The van der Waals surface area contributed by atoms with Crippen LogP contribution in [0.4, 0.5) is 0 Å². The highest BCUT2D eigenvalue weighted by molar-refractivity contribution is 5.77. The van der Waals surface area contributed by atoms with Crippen molar-refractivity contribution in [2.75, 3.05) is 7.11 Å². The van der Waals surface area contributed by atoms with Gasteiger partial charge < -0.3 is 14.9 Å². The molecule has 0 aromatic heterocycles. The lowest BCUT2D eigenvalue weighted by molar-refractivity contribution is -0.206. The van der Waals surface area contributed by atoms with Crippen molar-refractivity contribution in [3.63, 3.8) is 0 Å². The molecule has 4 heteroatoms. The second kappa shape index (κ2) is 11.9. The van der Waals surface area contributed by atoms with Crippen LogP contribution in [-0.4, -0.2) is 29.1 Å². The Balaban J connectivity index is 2.48. The smallest absolute Gasteiger partial charge is 0.366 e. The van der Waals surface area contributed by atoms with Crippen molar-refractivity contribution in [3.05, 3.63) is 41.7 Å². The second-order valence-corrected chi connectivity index (χ2v) is 7.13. The molecular formula is C22H34O4. The SMILES string of the molecule is CCCCCCC=C[C@H]1C=CC[C@@H]1CC=C=C(C)CC(O)(O)C(=O)OC. The van der Waals surface area contributed by atoms with Gasteiger partial charge in [0, 0.05) is 6.42 Å². The predicted octanol–water partition coefficient (Wildman–Crippen LogP) is 4.44. The molecule has 1 aliphatic carbocycles. The number of carbonyl (C=O) groups excluding carboxylic acids is 1. The highest BCUT2D eigenvalue weighted by Gasteiger charge is 2.34. The lowest BCUT2D eigenvalue weighted by atomic mass is 9.91. The van der Waals surface area contributed by atoms with E-state index in [1.165, 1.54) is 25.7 Å². The van der Waals surface area contributed by atoms with Gasteiger partial charge in [0.1, 0.15) is 0 Å². The van der Waals surface area contributed by atoms with E-state index in [-0.39, 0.29) is 6.42 Å². The van der Waals surface area contributed by atoms with Crippen LogP contribution in [0.25, 0.3) is 0 Å². The molecule has 26 heavy (non-hydrogen) atoms.